The molecule has 1 aromatic heterocycles. The fraction of sp³-hybridized carbons (Fsp3) is 0.188. The van der Waals surface area contributed by atoms with Gasteiger partial charge in [0.1, 0.15) is 5.75 Å². The summed E-state index contributed by atoms with van der Waals surface area (Å²) in [4.78, 5) is 12.5. The number of alkyl halides is 3. The smallest absolute Gasteiger partial charge is 0.417 e. The lowest BCUT2D eigenvalue weighted by Crippen LogP contribution is -2.23. The van der Waals surface area contributed by atoms with Crippen molar-refractivity contribution in [2.75, 3.05) is 0 Å². The number of aromatic nitrogens is 4. The molecule has 0 saturated heterocycles. The Morgan fingerprint density at radius 3 is 2.04 bits per heavy atom. The lowest BCUT2D eigenvalue weighted by molar-refractivity contribution is -0.137. The van der Waals surface area contributed by atoms with Crippen molar-refractivity contribution in [1.82, 2.24) is 19.8 Å². The quantitative estimate of drug-likeness (QED) is 0.735. The zero-order valence-corrected chi connectivity index (χ0v) is 14.3. The molecule has 0 fully saturated rings. The summed E-state index contributed by atoms with van der Waals surface area (Å²) < 4.78 is 40.2. The largest absolute Gasteiger partial charge is 0.507 e. The molecule has 0 unspecified atom stereocenters. The zero-order chi connectivity index (χ0) is 19.2. The van der Waals surface area contributed by atoms with Gasteiger partial charge in [-0.2, -0.15) is 22.5 Å². The van der Waals surface area contributed by atoms with Crippen LogP contribution in [0.5, 0.6) is 5.75 Å². The second-order valence-corrected chi connectivity index (χ2v) is 6.08. The first-order valence-corrected chi connectivity index (χ1v) is 7.70. The normalized spacial score (nSPS) is 11.8. The van der Waals surface area contributed by atoms with E-state index >= 15 is 0 Å². The number of hydrogen-bond donors (Lipinski definition) is 1. The molecule has 0 saturated carbocycles. The number of halogens is 4. The van der Waals surface area contributed by atoms with Gasteiger partial charge in [-0.1, -0.05) is 11.6 Å². The Labute approximate surface area is 150 Å². The van der Waals surface area contributed by atoms with Gasteiger partial charge in [-0.3, -0.25) is 0 Å². The van der Waals surface area contributed by atoms with Gasteiger partial charge in [0, 0.05) is 0 Å². The van der Waals surface area contributed by atoms with Crippen LogP contribution < -0.4 is 5.69 Å². The third kappa shape index (κ3) is 3.05. The van der Waals surface area contributed by atoms with E-state index in [0.29, 0.717) is 16.8 Å². The van der Waals surface area contributed by atoms with Crippen molar-refractivity contribution in [3.63, 3.8) is 0 Å². The second kappa shape index (κ2) is 6.17. The van der Waals surface area contributed by atoms with E-state index in [1.165, 1.54) is 0 Å². The van der Waals surface area contributed by atoms with E-state index in [1.807, 2.05) is 0 Å². The molecule has 0 aliphatic rings. The average Bonchev–Trinajstić information content (AvgIpc) is 2.92. The summed E-state index contributed by atoms with van der Waals surface area (Å²) in [6.07, 6.45) is -4.60. The standard InChI is InChI=1S/C16H12ClF3N4O2/c1-8-5-11(6-9(2)14(8)25)24-15(26)23(21-22-24)10-3-4-12(13(17)7-10)16(18,19)20/h3-7,25H,1-2H3. The molecule has 0 bridgehead atoms. The first-order valence-electron chi connectivity index (χ1n) is 7.32. The van der Waals surface area contributed by atoms with Gasteiger partial charge in [0.05, 0.1) is 22.0 Å². The van der Waals surface area contributed by atoms with Crippen molar-refractivity contribution in [2.45, 2.75) is 20.0 Å². The van der Waals surface area contributed by atoms with Gasteiger partial charge in [-0.15, -0.1) is 0 Å². The highest BCUT2D eigenvalue weighted by Gasteiger charge is 2.33. The topological polar surface area (TPSA) is 72.9 Å². The number of aromatic hydroxyl groups is 1. The molecule has 0 atom stereocenters. The van der Waals surface area contributed by atoms with E-state index in [2.05, 4.69) is 10.4 Å². The van der Waals surface area contributed by atoms with Gasteiger partial charge in [0.2, 0.25) is 0 Å². The van der Waals surface area contributed by atoms with E-state index in [4.69, 9.17) is 11.6 Å². The molecule has 6 nitrogen and oxygen atoms in total. The summed E-state index contributed by atoms with van der Waals surface area (Å²) in [5.41, 5.74) is -0.199. The molecular weight excluding hydrogens is 373 g/mol. The third-order valence-electron chi connectivity index (χ3n) is 3.80. The number of aryl methyl sites for hydroxylation is 2. The number of hydrogen-bond acceptors (Lipinski definition) is 4. The number of benzene rings is 2. The van der Waals surface area contributed by atoms with Gasteiger partial charge in [0.25, 0.3) is 0 Å². The minimum atomic E-state index is -4.60. The molecule has 136 valence electrons. The summed E-state index contributed by atoms with van der Waals surface area (Å²) in [6.45, 7) is 3.33. The van der Waals surface area contributed by atoms with Gasteiger partial charge >= 0.3 is 11.9 Å². The van der Waals surface area contributed by atoms with E-state index in [9.17, 15) is 23.1 Å². The number of tetrazole rings is 1. The number of nitrogens with zero attached hydrogens (tertiary/aromatic N) is 4. The average molecular weight is 385 g/mol. The van der Waals surface area contributed by atoms with Crippen molar-refractivity contribution in [3.05, 3.63) is 62.5 Å². The number of phenols is 1. The maximum Gasteiger partial charge on any atom is 0.417 e. The van der Waals surface area contributed by atoms with Gasteiger partial charge < -0.3 is 5.11 Å². The molecule has 3 aromatic rings. The molecule has 1 heterocycles. The van der Waals surface area contributed by atoms with Gasteiger partial charge in [-0.25, -0.2) is 4.79 Å². The monoisotopic (exact) mass is 384 g/mol. The first-order chi connectivity index (χ1) is 12.1. The molecule has 3 rings (SSSR count). The molecule has 10 heteroatoms. The Morgan fingerprint density at radius 1 is 1.00 bits per heavy atom. The minimum Gasteiger partial charge on any atom is -0.507 e. The lowest BCUT2D eigenvalue weighted by Gasteiger charge is -2.09. The van der Waals surface area contributed by atoms with E-state index < -0.39 is 22.5 Å². The predicted octanol–water partition coefficient (Wildman–Crippen LogP) is 3.41. The Balaban J connectivity index is 2.08. The van der Waals surface area contributed by atoms with Crippen LogP contribution >= 0.6 is 11.6 Å². The molecule has 26 heavy (non-hydrogen) atoms. The van der Waals surface area contributed by atoms with Crippen LogP contribution in [0.3, 0.4) is 0 Å². The SMILES string of the molecule is Cc1cc(-n2nnn(-c3ccc(C(F)(F)F)c(Cl)c3)c2=O)cc(C)c1O. The van der Waals surface area contributed by atoms with Crippen LogP contribution in [0.15, 0.2) is 35.1 Å². The van der Waals surface area contributed by atoms with E-state index in [1.54, 1.807) is 26.0 Å². The molecule has 0 aliphatic carbocycles. The van der Waals surface area contributed by atoms with Crippen molar-refractivity contribution in [3.8, 4) is 17.1 Å². The minimum absolute atomic E-state index is 0.0477. The fourth-order valence-electron chi connectivity index (χ4n) is 2.49. The molecule has 2 aromatic carbocycles. The maximum atomic E-state index is 12.8. The molecule has 0 aliphatic heterocycles. The Hall–Kier alpha value is -2.81. The van der Waals surface area contributed by atoms with Crippen molar-refractivity contribution < 1.29 is 18.3 Å². The Kier molecular flexibility index (Phi) is 4.27. The van der Waals surface area contributed by atoms with Crippen molar-refractivity contribution in [1.29, 1.82) is 0 Å². The molecule has 1 N–H and O–H groups in total. The van der Waals surface area contributed by atoms with Crippen molar-refractivity contribution in [2.24, 2.45) is 0 Å². The van der Waals surface area contributed by atoms with Crippen LogP contribution in [0.1, 0.15) is 16.7 Å². The summed E-state index contributed by atoms with van der Waals surface area (Å²) in [6, 6.07) is 5.95. The highest BCUT2D eigenvalue weighted by Crippen LogP contribution is 2.35. The Bertz CT molecular complexity index is 1030. The third-order valence-corrected chi connectivity index (χ3v) is 4.12. The molecule has 0 spiro atoms. The molecular formula is C16H12ClF3N4O2. The zero-order valence-electron chi connectivity index (χ0n) is 13.5. The maximum absolute atomic E-state index is 12.8. The summed E-state index contributed by atoms with van der Waals surface area (Å²) in [5, 5.41) is 16.7. The highest BCUT2D eigenvalue weighted by molar-refractivity contribution is 6.31. The highest BCUT2D eigenvalue weighted by atomic mass is 35.5. The van der Waals surface area contributed by atoms with Crippen LogP contribution in [0, 0.1) is 13.8 Å². The van der Waals surface area contributed by atoms with E-state index in [0.717, 1.165) is 27.6 Å². The fourth-order valence-corrected chi connectivity index (χ4v) is 2.77. The second-order valence-electron chi connectivity index (χ2n) is 5.68. The molecule has 0 radical (unpaired) electrons. The van der Waals surface area contributed by atoms with Crippen LogP contribution in [-0.2, 0) is 6.18 Å². The Morgan fingerprint density at radius 2 is 1.54 bits per heavy atom. The first kappa shape index (κ1) is 18.0. The van der Waals surface area contributed by atoms with Crippen LogP contribution in [-0.4, -0.2) is 24.9 Å². The lowest BCUT2D eigenvalue weighted by atomic mass is 10.1. The summed E-state index contributed by atoms with van der Waals surface area (Å²) in [7, 11) is 0. The van der Waals surface area contributed by atoms with Gasteiger partial charge in [-0.05, 0) is 65.7 Å². The van der Waals surface area contributed by atoms with Crippen LogP contribution in [0.25, 0.3) is 11.4 Å². The van der Waals surface area contributed by atoms with Crippen molar-refractivity contribution >= 4 is 11.6 Å². The summed E-state index contributed by atoms with van der Waals surface area (Å²) in [5.74, 6) is 0.101. The van der Waals surface area contributed by atoms with Crippen LogP contribution in [0.2, 0.25) is 5.02 Å². The summed E-state index contributed by atoms with van der Waals surface area (Å²) >= 11 is 5.68. The number of rotatable bonds is 2. The van der Waals surface area contributed by atoms with Gasteiger partial charge in [0.15, 0.2) is 0 Å². The predicted molar refractivity (Wildman–Crippen MR) is 88.1 cm³/mol. The van der Waals surface area contributed by atoms with E-state index in [-0.39, 0.29) is 11.4 Å². The number of phenolic OH excluding ortho intramolecular Hbond substituents is 1. The molecule has 0 amide bonds. The van der Waals surface area contributed by atoms with Crippen LogP contribution in [0.4, 0.5) is 13.2 Å².